The topological polar surface area (TPSA) is 76.1 Å². The van der Waals surface area contributed by atoms with Crippen molar-refractivity contribution in [3.05, 3.63) is 24.3 Å². The van der Waals surface area contributed by atoms with Crippen molar-refractivity contribution in [2.24, 2.45) is 0 Å². The molecular formula is C9H14NO5PS2. The van der Waals surface area contributed by atoms with Gasteiger partial charge in [0.15, 0.2) is 0 Å². The summed E-state index contributed by atoms with van der Waals surface area (Å²) in [5, 5.41) is 0. The van der Waals surface area contributed by atoms with E-state index < -0.39 is 16.7 Å². The van der Waals surface area contributed by atoms with E-state index in [1.165, 1.54) is 45.5 Å². The standard InChI is InChI=1S/C9H14NO5PS2/c1-10(2)18(12,13)9-6-4-8(5-7-9)15-16(11,17)14-3/h4-7H,1-3H3,(H,11,17). The molecule has 0 aliphatic heterocycles. The van der Waals surface area contributed by atoms with Crippen molar-refractivity contribution in [3.63, 3.8) is 0 Å². The summed E-state index contributed by atoms with van der Waals surface area (Å²) in [5.41, 5.74) is 0. The van der Waals surface area contributed by atoms with E-state index in [4.69, 9.17) is 4.52 Å². The molecule has 102 valence electrons. The van der Waals surface area contributed by atoms with Crippen molar-refractivity contribution in [3.8, 4) is 5.75 Å². The third kappa shape index (κ3) is 3.74. The van der Waals surface area contributed by atoms with E-state index in [1.54, 1.807) is 0 Å². The van der Waals surface area contributed by atoms with E-state index in [1.807, 2.05) is 0 Å². The molecule has 6 nitrogen and oxygen atoms in total. The Morgan fingerprint density at radius 3 is 2.17 bits per heavy atom. The van der Waals surface area contributed by atoms with E-state index in [9.17, 15) is 13.3 Å². The van der Waals surface area contributed by atoms with Crippen LogP contribution in [-0.4, -0.2) is 38.8 Å². The third-order valence-electron chi connectivity index (χ3n) is 2.05. The van der Waals surface area contributed by atoms with Crippen LogP contribution in [0.25, 0.3) is 0 Å². The number of sulfonamides is 1. The van der Waals surface area contributed by atoms with Gasteiger partial charge >= 0.3 is 6.72 Å². The van der Waals surface area contributed by atoms with E-state index in [0.717, 1.165) is 4.31 Å². The molecule has 0 bridgehead atoms. The molecule has 0 saturated heterocycles. The fourth-order valence-corrected chi connectivity index (χ4v) is 2.68. The molecule has 0 spiro atoms. The quantitative estimate of drug-likeness (QED) is 0.823. The fraction of sp³-hybridized carbons (Fsp3) is 0.333. The van der Waals surface area contributed by atoms with Crippen LogP contribution in [0.5, 0.6) is 5.75 Å². The minimum Gasteiger partial charge on any atom is -0.424 e. The molecule has 1 aromatic rings. The molecule has 1 rings (SSSR count). The Labute approximate surface area is 111 Å². The molecule has 0 radical (unpaired) electrons. The Morgan fingerprint density at radius 2 is 1.78 bits per heavy atom. The lowest BCUT2D eigenvalue weighted by Gasteiger charge is -2.15. The summed E-state index contributed by atoms with van der Waals surface area (Å²) in [6.45, 7) is -3.30. The van der Waals surface area contributed by atoms with Crippen LogP contribution in [0.3, 0.4) is 0 Å². The predicted octanol–water partition coefficient (Wildman–Crippen LogP) is 1.18. The van der Waals surface area contributed by atoms with Crippen LogP contribution in [0.4, 0.5) is 0 Å². The fourth-order valence-electron chi connectivity index (χ4n) is 1.05. The first-order chi connectivity index (χ1) is 8.19. The summed E-state index contributed by atoms with van der Waals surface area (Å²) in [6, 6.07) is 5.56. The van der Waals surface area contributed by atoms with Gasteiger partial charge in [0.1, 0.15) is 5.75 Å². The van der Waals surface area contributed by atoms with Gasteiger partial charge in [-0.2, -0.15) is 0 Å². The first-order valence-electron chi connectivity index (χ1n) is 4.80. The van der Waals surface area contributed by atoms with Gasteiger partial charge in [0.2, 0.25) is 10.0 Å². The van der Waals surface area contributed by atoms with Crippen LogP contribution in [0.2, 0.25) is 0 Å². The second-order valence-electron chi connectivity index (χ2n) is 3.50. The van der Waals surface area contributed by atoms with Gasteiger partial charge in [0, 0.05) is 33.0 Å². The Kier molecular flexibility index (Phi) is 4.88. The highest BCUT2D eigenvalue weighted by Gasteiger charge is 2.18. The van der Waals surface area contributed by atoms with Crippen molar-refractivity contribution in [1.82, 2.24) is 4.31 Å². The Hall–Kier alpha value is -0.500. The number of nitrogens with zero attached hydrogens (tertiary/aromatic N) is 1. The zero-order valence-electron chi connectivity index (χ0n) is 10.1. The van der Waals surface area contributed by atoms with Gasteiger partial charge in [-0.05, 0) is 24.3 Å². The van der Waals surface area contributed by atoms with Crippen molar-refractivity contribution in [2.45, 2.75) is 4.90 Å². The maximum Gasteiger partial charge on any atom is 0.377 e. The number of hydrogen-bond acceptors (Lipinski definition) is 5. The van der Waals surface area contributed by atoms with E-state index >= 15 is 0 Å². The summed E-state index contributed by atoms with van der Waals surface area (Å²) in [4.78, 5) is 9.58. The van der Waals surface area contributed by atoms with Crippen molar-refractivity contribution in [2.75, 3.05) is 21.2 Å². The molecule has 1 aromatic carbocycles. The molecule has 0 amide bonds. The summed E-state index contributed by atoms with van der Waals surface area (Å²) in [7, 11) is 0.651. The summed E-state index contributed by atoms with van der Waals surface area (Å²) in [6.07, 6.45) is 0. The smallest absolute Gasteiger partial charge is 0.377 e. The van der Waals surface area contributed by atoms with E-state index in [-0.39, 0.29) is 10.6 Å². The summed E-state index contributed by atoms with van der Waals surface area (Å²) < 4.78 is 34.3. The third-order valence-corrected chi connectivity index (χ3v) is 5.46. The molecule has 0 aliphatic carbocycles. The zero-order valence-corrected chi connectivity index (χ0v) is 12.6. The first kappa shape index (κ1) is 15.6. The molecule has 0 saturated carbocycles. The minimum absolute atomic E-state index is 0.128. The molecule has 0 aromatic heterocycles. The van der Waals surface area contributed by atoms with E-state index in [0.29, 0.717) is 0 Å². The molecule has 1 N–H and O–H groups in total. The second kappa shape index (κ2) is 5.64. The average Bonchev–Trinajstić information content (AvgIpc) is 2.29. The monoisotopic (exact) mass is 311 g/mol. The van der Waals surface area contributed by atoms with Gasteiger partial charge in [0.25, 0.3) is 0 Å². The average molecular weight is 311 g/mol. The zero-order chi connectivity index (χ0) is 14.0. The van der Waals surface area contributed by atoms with Gasteiger partial charge in [-0.1, -0.05) is 0 Å². The van der Waals surface area contributed by atoms with Crippen LogP contribution in [0, 0.1) is 0 Å². The van der Waals surface area contributed by atoms with Gasteiger partial charge in [-0.15, -0.1) is 0 Å². The van der Waals surface area contributed by atoms with E-state index in [2.05, 4.69) is 16.3 Å². The van der Waals surface area contributed by atoms with Crippen molar-refractivity contribution in [1.29, 1.82) is 0 Å². The van der Waals surface area contributed by atoms with Gasteiger partial charge in [-0.25, -0.2) is 12.7 Å². The molecule has 18 heavy (non-hydrogen) atoms. The highest BCUT2D eigenvalue weighted by Crippen LogP contribution is 2.43. The molecule has 0 fully saturated rings. The van der Waals surface area contributed by atoms with Crippen molar-refractivity contribution >= 4 is 28.5 Å². The normalized spacial score (nSPS) is 15.4. The molecular weight excluding hydrogens is 297 g/mol. The van der Waals surface area contributed by atoms with Gasteiger partial charge < -0.3 is 13.9 Å². The lowest BCUT2D eigenvalue weighted by atomic mass is 10.3. The summed E-state index contributed by atoms with van der Waals surface area (Å²) in [5.74, 6) is 0.250. The van der Waals surface area contributed by atoms with Crippen LogP contribution < -0.4 is 4.52 Å². The largest absolute Gasteiger partial charge is 0.424 e. The van der Waals surface area contributed by atoms with Gasteiger partial charge in [-0.3, -0.25) is 0 Å². The number of hydrogen-bond donors (Lipinski definition) is 1. The molecule has 0 heterocycles. The lowest BCUT2D eigenvalue weighted by molar-refractivity contribution is 0.313. The Bertz CT molecular complexity index is 555. The van der Waals surface area contributed by atoms with Gasteiger partial charge in [0.05, 0.1) is 4.90 Å². The SMILES string of the molecule is COP(O)(=S)Oc1ccc(S(=O)(=O)N(C)C)cc1. The van der Waals surface area contributed by atoms with Crippen LogP contribution >= 0.6 is 6.72 Å². The van der Waals surface area contributed by atoms with Crippen LogP contribution in [0.1, 0.15) is 0 Å². The van der Waals surface area contributed by atoms with Crippen LogP contribution in [-0.2, 0) is 26.4 Å². The molecule has 9 heteroatoms. The molecule has 1 unspecified atom stereocenters. The highest BCUT2D eigenvalue weighted by molar-refractivity contribution is 8.07. The second-order valence-corrected chi connectivity index (χ2v) is 8.52. The highest BCUT2D eigenvalue weighted by atomic mass is 32.5. The van der Waals surface area contributed by atoms with Crippen LogP contribution in [0.15, 0.2) is 29.2 Å². The first-order valence-corrected chi connectivity index (χ1v) is 8.83. The maximum absolute atomic E-state index is 11.8. The Balaban J connectivity index is 2.98. The minimum atomic E-state index is -3.48. The lowest BCUT2D eigenvalue weighted by Crippen LogP contribution is -2.22. The maximum atomic E-state index is 11.8. The number of rotatable bonds is 5. The molecule has 0 aliphatic rings. The summed E-state index contributed by atoms with van der Waals surface area (Å²) >= 11 is 4.67. The number of benzene rings is 1. The molecule has 1 atom stereocenters. The van der Waals surface area contributed by atoms with Crippen molar-refractivity contribution < 1.29 is 22.4 Å². The predicted molar refractivity (Wildman–Crippen MR) is 71.5 cm³/mol. The Morgan fingerprint density at radius 1 is 1.28 bits per heavy atom.